The van der Waals surface area contributed by atoms with Crippen molar-refractivity contribution in [3.05, 3.63) is 32.6 Å². The summed E-state index contributed by atoms with van der Waals surface area (Å²) in [7, 11) is 0. The van der Waals surface area contributed by atoms with Gasteiger partial charge in [-0.25, -0.2) is 9.59 Å². The predicted octanol–water partition coefficient (Wildman–Crippen LogP) is 0.788. The number of hydrogen-bond donors (Lipinski definition) is 2. The van der Waals surface area contributed by atoms with Crippen molar-refractivity contribution in [3.8, 4) is 0 Å². The highest BCUT2D eigenvalue weighted by Gasteiger charge is 2.31. The first-order valence-corrected chi connectivity index (χ1v) is 6.56. The monoisotopic (exact) mass is 281 g/mol. The van der Waals surface area contributed by atoms with E-state index < -0.39 is 16.9 Å². The molecular weight excluding hydrogens is 262 g/mol. The summed E-state index contributed by atoms with van der Waals surface area (Å²) in [5.74, 6) is -0.0440. The van der Waals surface area contributed by atoms with E-state index in [0.29, 0.717) is 25.2 Å². The third-order valence-corrected chi connectivity index (χ3v) is 3.06. The van der Waals surface area contributed by atoms with Crippen LogP contribution in [0.25, 0.3) is 0 Å². The maximum Gasteiger partial charge on any atom is 0.410 e. The van der Waals surface area contributed by atoms with Crippen LogP contribution < -0.4 is 11.2 Å². The second-order valence-electron chi connectivity index (χ2n) is 5.96. The number of aromatic amines is 2. The van der Waals surface area contributed by atoms with Crippen molar-refractivity contribution < 1.29 is 9.53 Å². The lowest BCUT2D eigenvalue weighted by atomic mass is 10.1. The number of carbonyl (C=O) groups excluding carboxylic acids is 1. The summed E-state index contributed by atoms with van der Waals surface area (Å²) in [6.45, 7) is 6.43. The van der Waals surface area contributed by atoms with Crippen molar-refractivity contribution in [3.63, 3.8) is 0 Å². The number of hydrogen-bond acceptors (Lipinski definition) is 4. The molecule has 0 aliphatic carbocycles. The van der Waals surface area contributed by atoms with E-state index in [1.807, 2.05) is 20.8 Å². The summed E-state index contributed by atoms with van der Waals surface area (Å²) >= 11 is 0. The topological polar surface area (TPSA) is 95.3 Å². The lowest BCUT2D eigenvalue weighted by Crippen LogP contribution is -2.35. The molecule has 0 spiro atoms. The Morgan fingerprint density at radius 2 is 2.05 bits per heavy atom. The SMILES string of the molecule is CC(C)(C)OC(=O)N1CCC(c2cc(=O)[nH]c(=O)[nH]2)C1. The van der Waals surface area contributed by atoms with Gasteiger partial charge in [0.1, 0.15) is 5.60 Å². The molecule has 1 amide bonds. The van der Waals surface area contributed by atoms with Gasteiger partial charge in [-0.1, -0.05) is 0 Å². The zero-order valence-corrected chi connectivity index (χ0v) is 11.9. The molecule has 0 bridgehead atoms. The van der Waals surface area contributed by atoms with Crippen LogP contribution in [0.4, 0.5) is 4.79 Å². The van der Waals surface area contributed by atoms with Crippen LogP contribution in [0.1, 0.15) is 38.8 Å². The smallest absolute Gasteiger partial charge is 0.410 e. The van der Waals surface area contributed by atoms with E-state index in [4.69, 9.17) is 4.74 Å². The van der Waals surface area contributed by atoms with E-state index in [2.05, 4.69) is 9.97 Å². The molecule has 2 rings (SSSR count). The van der Waals surface area contributed by atoms with Gasteiger partial charge >= 0.3 is 11.8 Å². The van der Waals surface area contributed by atoms with Crippen LogP contribution in [0.3, 0.4) is 0 Å². The van der Waals surface area contributed by atoms with Gasteiger partial charge in [0.25, 0.3) is 5.56 Å². The van der Waals surface area contributed by atoms with Crippen molar-refractivity contribution >= 4 is 6.09 Å². The fraction of sp³-hybridized carbons (Fsp3) is 0.615. The largest absolute Gasteiger partial charge is 0.444 e. The molecule has 1 aromatic heterocycles. The summed E-state index contributed by atoms with van der Waals surface area (Å²) in [6, 6.07) is 1.37. The fourth-order valence-electron chi connectivity index (χ4n) is 2.21. The van der Waals surface area contributed by atoms with E-state index >= 15 is 0 Å². The predicted molar refractivity (Wildman–Crippen MR) is 72.8 cm³/mol. The number of amides is 1. The van der Waals surface area contributed by atoms with Crippen molar-refractivity contribution in [2.45, 2.75) is 38.7 Å². The molecule has 20 heavy (non-hydrogen) atoms. The number of likely N-dealkylation sites (tertiary alicyclic amines) is 1. The number of rotatable bonds is 1. The molecule has 7 nitrogen and oxygen atoms in total. The number of aromatic nitrogens is 2. The Bertz CT molecular complexity index is 583. The summed E-state index contributed by atoms with van der Waals surface area (Å²) in [5.41, 5.74) is -0.930. The van der Waals surface area contributed by atoms with Crippen LogP contribution in [0.15, 0.2) is 15.7 Å². The first-order chi connectivity index (χ1) is 9.24. The molecule has 1 fully saturated rings. The Morgan fingerprint density at radius 1 is 1.35 bits per heavy atom. The molecule has 1 unspecified atom stereocenters. The zero-order valence-electron chi connectivity index (χ0n) is 11.9. The summed E-state index contributed by atoms with van der Waals surface area (Å²) in [5, 5.41) is 0. The summed E-state index contributed by atoms with van der Waals surface area (Å²) in [6.07, 6.45) is 0.325. The van der Waals surface area contributed by atoms with E-state index in [-0.39, 0.29) is 12.0 Å². The highest BCUT2D eigenvalue weighted by Crippen LogP contribution is 2.25. The molecule has 1 saturated heterocycles. The van der Waals surface area contributed by atoms with Gasteiger partial charge in [0.05, 0.1) is 0 Å². The van der Waals surface area contributed by atoms with E-state index in [1.165, 1.54) is 6.07 Å². The van der Waals surface area contributed by atoms with Crippen LogP contribution in [0.2, 0.25) is 0 Å². The Kier molecular flexibility index (Phi) is 3.69. The van der Waals surface area contributed by atoms with Gasteiger partial charge in [-0.05, 0) is 27.2 Å². The third-order valence-electron chi connectivity index (χ3n) is 3.06. The average molecular weight is 281 g/mol. The summed E-state index contributed by atoms with van der Waals surface area (Å²) in [4.78, 5) is 40.8. The Labute approximate surface area is 116 Å². The fourth-order valence-corrected chi connectivity index (χ4v) is 2.21. The molecule has 1 aliphatic heterocycles. The van der Waals surface area contributed by atoms with Crippen LogP contribution >= 0.6 is 0 Å². The van der Waals surface area contributed by atoms with Crippen LogP contribution in [0, 0.1) is 0 Å². The quantitative estimate of drug-likeness (QED) is 0.795. The van der Waals surface area contributed by atoms with Gasteiger partial charge in [0.15, 0.2) is 0 Å². The standard InChI is InChI=1S/C13H19N3O4/c1-13(2,3)20-12(19)16-5-4-8(7-16)9-6-10(17)15-11(18)14-9/h6,8H,4-5,7H2,1-3H3,(H2,14,15,17,18). The molecule has 1 aromatic rings. The van der Waals surface area contributed by atoms with Gasteiger partial charge in [-0.15, -0.1) is 0 Å². The molecule has 0 radical (unpaired) electrons. The van der Waals surface area contributed by atoms with E-state index in [0.717, 1.165) is 0 Å². The van der Waals surface area contributed by atoms with Crippen molar-refractivity contribution in [2.75, 3.05) is 13.1 Å². The van der Waals surface area contributed by atoms with Gasteiger partial charge < -0.3 is 14.6 Å². The molecule has 7 heteroatoms. The zero-order chi connectivity index (χ0) is 14.9. The maximum atomic E-state index is 11.9. The van der Waals surface area contributed by atoms with Gasteiger partial charge in [0.2, 0.25) is 0 Å². The van der Waals surface area contributed by atoms with Gasteiger partial charge in [-0.3, -0.25) is 9.78 Å². The second kappa shape index (κ2) is 5.15. The highest BCUT2D eigenvalue weighted by atomic mass is 16.6. The van der Waals surface area contributed by atoms with Gasteiger partial charge in [0, 0.05) is 30.8 Å². The Balaban J connectivity index is 2.07. The Hall–Kier alpha value is -2.05. The molecule has 0 saturated carbocycles. The average Bonchev–Trinajstić information content (AvgIpc) is 2.74. The number of carbonyl (C=O) groups is 1. The molecule has 110 valence electrons. The van der Waals surface area contributed by atoms with E-state index in [9.17, 15) is 14.4 Å². The van der Waals surface area contributed by atoms with Crippen LogP contribution in [-0.4, -0.2) is 39.7 Å². The molecule has 1 aliphatic rings. The number of nitrogens with zero attached hydrogens (tertiary/aromatic N) is 1. The molecule has 2 heterocycles. The highest BCUT2D eigenvalue weighted by molar-refractivity contribution is 5.68. The van der Waals surface area contributed by atoms with Crippen molar-refractivity contribution in [1.82, 2.24) is 14.9 Å². The Morgan fingerprint density at radius 3 is 2.65 bits per heavy atom. The minimum Gasteiger partial charge on any atom is -0.444 e. The molecular formula is C13H19N3O4. The molecule has 2 N–H and O–H groups in total. The van der Waals surface area contributed by atoms with E-state index in [1.54, 1.807) is 4.90 Å². The summed E-state index contributed by atoms with van der Waals surface area (Å²) < 4.78 is 5.30. The van der Waals surface area contributed by atoms with Crippen LogP contribution in [0.5, 0.6) is 0 Å². The number of nitrogens with one attached hydrogen (secondary N) is 2. The lowest BCUT2D eigenvalue weighted by molar-refractivity contribution is 0.0292. The minimum absolute atomic E-state index is 0.0440. The van der Waals surface area contributed by atoms with Crippen molar-refractivity contribution in [2.24, 2.45) is 0 Å². The second-order valence-corrected chi connectivity index (χ2v) is 5.96. The molecule has 1 atom stereocenters. The number of ether oxygens (including phenoxy) is 1. The lowest BCUT2D eigenvalue weighted by Gasteiger charge is -2.24. The first kappa shape index (κ1) is 14.4. The normalized spacial score (nSPS) is 19.1. The first-order valence-electron chi connectivity index (χ1n) is 6.56. The minimum atomic E-state index is -0.534. The molecule has 0 aromatic carbocycles. The van der Waals surface area contributed by atoms with Crippen molar-refractivity contribution in [1.29, 1.82) is 0 Å². The van der Waals surface area contributed by atoms with Gasteiger partial charge in [-0.2, -0.15) is 0 Å². The maximum absolute atomic E-state index is 11.9. The van der Waals surface area contributed by atoms with Crippen LogP contribution in [-0.2, 0) is 4.74 Å². The third kappa shape index (κ3) is 3.49. The number of H-pyrrole nitrogens is 2.